The van der Waals surface area contributed by atoms with E-state index in [9.17, 15) is 4.79 Å². The molecule has 1 rings (SSSR count). The fourth-order valence-electron chi connectivity index (χ4n) is 1.66. The minimum Gasteiger partial charge on any atom is -0.381 e. The molecule has 15 heavy (non-hydrogen) atoms. The predicted octanol–water partition coefficient (Wildman–Crippen LogP) is 1.38. The third-order valence-corrected chi connectivity index (χ3v) is 2.46. The third-order valence-electron chi connectivity index (χ3n) is 2.46. The van der Waals surface area contributed by atoms with Gasteiger partial charge in [0.25, 0.3) is 0 Å². The number of carbonyl (C=O) groups excluding carboxylic acids is 1. The standard InChI is InChI=1S/C11H20O4/c1-3-14-11(15-4-2)7-10(12)9-5-6-13-8-9/h9,11H,3-8H2,1-2H3. The van der Waals surface area contributed by atoms with Crippen molar-refractivity contribution in [2.24, 2.45) is 5.92 Å². The molecule has 0 aromatic heterocycles. The quantitative estimate of drug-likeness (QED) is 0.603. The summed E-state index contributed by atoms with van der Waals surface area (Å²) < 4.78 is 15.8. The lowest BCUT2D eigenvalue weighted by atomic mass is 10.0. The van der Waals surface area contributed by atoms with Crippen LogP contribution in [0.1, 0.15) is 26.7 Å². The van der Waals surface area contributed by atoms with Gasteiger partial charge in [-0.3, -0.25) is 4.79 Å². The number of ketones is 1. The van der Waals surface area contributed by atoms with Crippen LogP contribution in [0.3, 0.4) is 0 Å². The number of carbonyl (C=O) groups is 1. The van der Waals surface area contributed by atoms with Crippen molar-refractivity contribution in [1.29, 1.82) is 0 Å². The van der Waals surface area contributed by atoms with Crippen molar-refractivity contribution in [2.75, 3.05) is 26.4 Å². The molecule has 0 aliphatic carbocycles. The summed E-state index contributed by atoms with van der Waals surface area (Å²) >= 11 is 0. The second-order valence-corrected chi connectivity index (χ2v) is 3.57. The molecule has 1 fully saturated rings. The van der Waals surface area contributed by atoms with Crippen LogP contribution >= 0.6 is 0 Å². The number of rotatable bonds is 7. The van der Waals surface area contributed by atoms with E-state index in [4.69, 9.17) is 14.2 Å². The molecule has 1 unspecified atom stereocenters. The van der Waals surface area contributed by atoms with E-state index in [1.807, 2.05) is 13.8 Å². The first-order chi connectivity index (χ1) is 7.27. The molecule has 0 aromatic carbocycles. The van der Waals surface area contributed by atoms with Gasteiger partial charge in [-0.1, -0.05) is 0 Å². The van der Waals surface area contributed by atoms with Crippen LogP contribution in [0.25, 0.3) is 0 Å². The van der Waals surface area contributed by atoms with Gasteiger partial charge in [0.05, 0.1) is 13.0 Å². The molecule has 88 valence electrons. The first kappa shape index (κ1) is 12.6. The lowest BCUT2D eigenvalue weighted by Crippen LogP contribution is -2.25. The molecule has 0 spiro atoms. The molecular weight excluding hydrogens is 196 g/mol. The molecule has 1 saturated heterocycles. The van der Waals surface area contributed by atoms with Crippen LogP contribution in [-0.2, 0) is 19.0 Å². The fraction of sp³-hybridized carbons (Fsp3) is 0.909. The van der Waals surface area contributed by atoms with E-state index >= 15 is 0 Å². The second kappa shape index (κ2) is 6.93. The van der Waals surface area contributed by atoms with E-state index in [1.54, 1.807) is 0 Å². The highest BCUT2D eigenvalue weighted by atomic mass is 16.7. The van der Waals surface area contributed by atoms with Crippen molar-refractivity contribution in [3.63, 3.8) is 0 Å². The molecular formula is C11H20O4. The van der Waals surface area contributed by atoms with Gasteiger partial charge in [0.2, 0.25) is 0 Å². The number of hydrogen-bond donors (Lipinski definition) is 0. The summed E-state index contributed by atoms with van der Waals surface area (Å²) in [6.07, 6.45) is 0.799. The highest BCUT2D eigenvalue weighted by molar-refractivity contribution is 5.81. The Labute approximate surface area is 90.9 Å². The SMILES string of the molecule is CCOC(CC(=O)C1CCOC1)OCC. The predicted molar refractivity (Wildman–Crippen MR) is 55.6 cm³/mol. The van der Waals surface area contributed by atoms with E-state index in [0.29, 0.717) is 32.8 Å². The zero-order valence-electron chi connectivity index (χ0n) is 9.53. The molecule has 4 nitrogen and oxygen atoms in total. The summed E-state index contributed by atoms with van der Waals surface area (Å²) in [5, 5.41) is 0. The lowest BCUT2D eigenvalue weighted by Gasteiger charge is -2.17. The highest BCUT2D eigenvalue weighted by Crippen LogP contribution is 2.17. The molecule has 1 heterocycles. The number of hydrogen-bond acceptors (Lipinski definition) is 4. The first-order valence-corrected chi connectivity index (χ1v) is 5.61. The van der Waals surface area contributed by atoms with E-state index < -0.39 is 0 Å². The molecule has 0 amide bonds. The van der Waals surface area contributed by atoms with Gasteiger partial charge in [-0.15, -0.1) is 0 Å². The maximum Gasteiger partial charge on any atom is 0.164 e. The summed E-state index contributed by atoms with van der Waals surface area (Å²) in [7, 11) is 0. The summed E-state index contributed by atoms with van der Waals surface area (Å²) in [4.78, 5) is 11.8. The average Bonchev–Trinajstić information content (AvgIpc) is 2.71. The Balaban J connectivity index is 2.31. The number of ether oxygens (including phenoxy) is 3. The fourth-order valence-corrected chi connectivity index (χ4v) is 1.66. The second-order valence-electron chi connectivity index (χ2n) is 3.57. The van der Waals surface area contributed by atoms with Crippen LogP contribution < -0.4 is 0 Å². The Hall–Kier alpha value is -0.450. The van der Waals surface area contributed by atoms with Crippen LogP contribution in [0.15, 0.2) is 0 Å². The topological polar surface area (TPSA) is 44.8 Å². The van der Waals surface area contributed by atoms with Gasteiger partial charge < -0.3 is 14.2 Å². The van der Waals surface area contributed by atoms with Gasteiger partial charge in [-0.25, -0.2) is 0 Å². The van der Waals surface area contributed by atoms with Gasteiger partial charge in [-0.05, 0) is 20.3 Å². The Morgan fingerprint density at radius 1 is 1.40 bits per heavy atom. The maximum absolute atomic E-state index is 11.8. The Morgan fingerprint density at radius 2 is 2.07 bits per heavy atom. The van der Waals surface area contributed by atoms with Crippen molar-refractivity contribution in [1.82, 2.24) is 0 Å². The largest absolute Gasteiger partial charge is 0.381 e. The van der Waals surface area contributed by atoms with Crippen LogP contribution in [0.4, 0.5) is 0 Å². The molecule has 0 N–H and O–H groups in total. The van der Waals surface area contributed by atoms with Gasteiger partial charge in [0, 0.05) is 25.7 Å². The first-order valence-electron chi connectivity index (χ1n) is 5.61. The average molecular weight is 216 g/mol. The van der Waals surface area contributed by atoms with Crippen LogP contribution in [0.5, 0.6) is 0 Å². The molecule has 0 bridgehead atoms. The Morgan fingerprint density at radius 3 is 2.53 bits per heavy atom. The molecule has 0 radical (unpaired) electrons. The van der Waals surface area contributed by atoms with Gasteiger partial charge in [-0.2, -0.15) is 0 Å². The van der Waals surface area contributed by atoms with Crippen molar-refractivity contribution in [3.05, 3.63) is 0 Å². The summed E-state index contributed by atoms with van der Waals surface area (Å²) in [6, 6.07) is 0. The van der Waals surface area contributed by atoms with Gasteiger partial charge in [0.1, 0.15) is 5.78 Å². The van der Waals surface area contributed by atoms with Gasteiger partial charge in [0.15, 0.2) is 6.29 Å². The molecule has 0 saturated carbocycles. The molecule has 1 aliphatic heterocycles. The van der Waals surface area contributed by atoms with Crippen LogP contribution in [0, 0.1) is 5.92 Å². The zero-order chi connectivity index (χ0) is 11.1. The van der Waals surface area contributed by atoms with Crippen molar-refractivity contribution in [3.8, 4) is 0 Å². The van der Waals surface area contributed by atoms with E-state index in [-0.39, 0.29) is 18.0 Å². The highest BCUT2D eigenvalue weighted by Gasteiger charge is 2.26. The lowest BCUT2D eigenvalue weighted by molar-refractivity contribution is -0.154. The Kier molecular flexibility index (Phi) is 5.83. The molecule has 1 atom stereocenters. The summed E-state index contributed by atoms with van der Waals surface area (Å²) in [6.45, 7) is 6.19. The normalized spacial score (nSPS) is 21.1. The van der Waals surface area contributed by atoms with Crippen LogP contribution in [-0.4, -0.2) is 38.5 Å². The smallest absolute Gasteiger partial charge is 0.164 e. The van der Waals surface area contributed by atoms with Gasteiger partial charge >= 0.3 is 0 Å². The molecule has 4 heteroatoms. The minimum atomic E-state index is -0.381. The maximum atomic E-state index is 11.8. The van der Waals surface area contributed by atoms with Crippen molar-refractivity contribution >= 4 is 5.78 Å². The van der Waals surface area contributed by atoms with Crippen molar-refractivity contribution < 1.29 is 19.0 Å². The van der Waals surface area contributed by atoms with Crippen LogP contribution in [0.2, 0.25) is 0 Å². The van der Waals surface area contributed by atoms with Crippen molar-refractivity contribution in [2.45, 2.75) is 33.0 Å². The van der Waals surface area contributed by atoms with E-state index in [0.717, 1.165) is 6.42 Å². The zero-order valence-corrected chi connectivity index (χ0v) is 9.53. The molecule has 0 aromatic rings. The monoisotopic (exact) mass is 216 g/mol. The minimum absolute atomic E-state index is 0.0495. The Bertz CT molecular complexity index is 181. The molecule has 1 aliphatic rings. The number of Topliss-reactive ketones (excluding diaryl/α,β-unsaturated/α-hetero) is 1. The summed E-state index contributed by atoms with van der Waals surface area (Å²) in [5.74, 6) is 0.243. The van der Waals surface area contributed by atoms with E-state index in [1.165, 1.54) is 0 Å². The van der Waals surface area contributed by atoms with E-state index in [2.05, 4.69) is 0 Å². The third kappa shape index (κ3) is 4.28. The summed E-state index contributed by atoms with van der Waals surface area (Å²) in [5.41, 5.74) is 0.